The van der Waals surface area contributed by atoms with Crippen molar-refractivity contribution < 1.29 is 18.4 Å². The van der Waals surface area contributed by atoms with Crippen LogP contribution in [0.4, 0.5) is 10.1 Å². The summed E-state index contributed by atoms with van der Waals surface area (Å²) in [6.07, 6.45) is 0.248. The van der Waals surface area contributed by atoms with Crippen molar-refractivity contribution in [2.45, 2.75) is 0 Å². The minimum atomic E-state index is -0.687. The number of hydrogen-bond acceptors (Lipinski definition) is 6. The van der Waals surface area contributed by atoms with Crippen LogP contribution in [0.2, 0.25) is 0 Å². The lowest BCUT2D eigenvalue weighted by atomic mass is 10.1. The summed E-state index contributed by atoms with van der Waals surface area (Å²) in [4.78, 5) is 29.4. The van der Waals surface area contributed by atoms with Gasteiger partial charge in [-0.25, -0.2) is 9.37 Å². The molecule has 3 aromatic rings. The van der Waals surface area contributed by atoms with E-state index in [0.717, 1.165) is 6.54 Å². The van der Waals surface area contributed by atoms with Crippen molar-refractivity contribution >= 4 is 28.9 Å². The third-order valence-corrected chi connectivity index (χ3v) is 3.84. The van der Waals surface area contributed by atoms with Crippen molar-refractivity contribution in [3.05, 3.63) is 47.8 Å². The SMILES string of the molecule is CN(C)CCNc1cc(C(=O)C=O)c2oc(-c3ccc(F)cc3)nc2c1. The van der Waals surface area contributed by atoms with Gasteiger partial charge in [0.05, 0.1) is 5.56 Å². The van der Waals surface area contributed by atoms with Gasteiger partial charge in [-0.3, -0.25) is 9.59 Å². The molecular formula is C19H18FN3O3. The second-order valence-corrected chi connectivity index (χ2v) is 6.11. The molecule has 0 bridgehead atoms. The maximum atomic E-state index is 13.1. The summed E-state index contributed by atoms with van der Waals surface area (Å²) in [7, 11) is 3.91. The van der Waals surface area contributed by atoms with Gasteiger partial charge in [0.1, 0.15) is 11.3 Å². The number of carbonyl (C=O) groups excluding carboxylic acids is 2. The summed E-state index contributed by atoms with van der Waals surface area (Å²) in [5.74, 6) is -0.799. The predicted molar refractivity (Wildman–Crippen MR) is 96.8 cm³/mol. The zero-order valence-corrected chi connectivity index (χ0v) is 14.5. The van der Waals surface area contributed by atoms with Crippen molar-refractivity contribution in [3.63, 3.8) is 0 Å². The van der Waals surface area contributed by atoms with E-state index in [1.54, 1.807) is 12.1 Å². The van der Waals surface area contributed by atoms with Gasteiger partial charge < -0.3 is 14.6 Å². The first kappa shape index (κ1) is 17.8. The molecule has 1 aromatic heterocycles. The van der Waals surface area contributed by atoms with Crippen LogP contribution in [0, 0.1) is 5.82 Å². The lowest BCUT2D eigenvalue weighted by Gasteiger charge is -2.11. The first-order valence-electron chi connectivity index (χ1n) is 8.06. The predicted octanol–water partition coefficient (Wildman–Crippen LogP) is 2.99. The number of hydrogen-bond donors (Lipinski definition) is 1. The normalized spacial score (nSPS) is 11.1. The Morgan fingerprint density at radius 3 is 2.65 bits per heavy atom. The third-order valence-electron chi connectivity index (χ3n) is 3.84. The number of halogens is 1. The fourth-order valence-electron chi connectivity index (χ4n) is 2.52. The van der Waals surface area contributed by atoms with Crippen LogP contribution >= 0.6 is 0 Å². The molecule has 0 aliphatic rings. The highest BCUT2D eigenvalue weighted by Crippen LogP contribution is 2.29. The second kappa shape index (κ2) is 7.45. The van der Waals surface area contributed by atoms with Crippen LogP contribution < -0.4 is 5.32 Å². The Morgan fingerprint density at radius 2 is 2.00 bits per heavy atom. The van der Waals surface area contributed by atoms with Crippen molar-refractivity contribution in [1.29, 1.82) is 0 Å². The highest BCUT2D eigenvalue weighted by atomic mass is 19.1. The van der Waals surface area contributed by atoms with E-state index in [9.17, 15) is 14.0 Å². The number of benzene rings is 2. The number of anilines is 1. The zero-order chi connectivity index (χ0) is 18.7. The van der Waals surface area contributed by atoms with Crippen molar-refractivity contribution in [1.82, 2.24) is 9.88 Å². The summed E-state index contributed by atoms with van der Waals surface area (Å²) >= 11 is 0. The number of likely N-dealkylation sites (N-methyl/N-ethyl adjacent to an activating group) is 1. The van der Waals surface area contributed by atoms with E-state index < -0.39 is 5.78 Å². The van der Waals surface area contributed by atoms with Gasteiger partial charge in [-0.05, 0) is 50.5 Å². The van der Waals surface area contributed by atoms with E-state index in [1.165, 1.54) is 24.3 Å². The van der Waals surface area contributed by atoms with Gasteiger partial charge >= 0.3 is 0 Å². The highest BCUT2D eigenvalue weighted by Gasteiger charge is 2.18. The van der Waals surface area contributed by atoms with Gasteiger partial charge in [-0.1, -0.05) is 0 Å². The van der Waals surface area contributed by atoms with Gasteiger partial charge in [-0.15, -0.1) is 0 Å². The number of ketones is 1. The Balaban J connectivity index is 2.03. The van der Waals surface area contributed by atoms with E-state index in [4.69, 9.17) is 4.42 Å². The third kappa shape index (κ3) is 3.78. The number of fused-ring (bicyclic) bond motifs is 1. The van der Waals surface area contributed by atoms with Gasteiger partial charge in [-0.2, -0.15) is 0 Å². The van der Waals surface area contributed by atoms with Crippen molar-refractivity contribution in [2.75, 3.05) is 32.5 Å². The molecule has 0 saturated carbocycles. The molecule has 0 fully saturated rings. The quantitative estimate of drug-likeness (QED) is 0.399. The van der Waals surface area contributed by atoms with Gasteiger partial charge in [0.25, 0.3) is 0 Å². The topological polar surface area (TPSA) is 75.4 Å². The monoisotopic (exact) mass is 355 g/mol. The molecule has 2 aromatic carbocycles. The van der Waals surface area contributed by atoms with Crippen molar-refractivity contribution in [2.24, 2.45) is 0 Å². The number of aromatic nitrogens is 1. The molecule has 0 aliphatic carbocycles. The minimum absolute atomic E-state index is 0.144. The highest BCUT2D eigenvalue weighted by molar-refractivity contribution is 6.36. The zero-order valence-electron chi connectivity index (χ0n) is 14.5. The summed E-state index contributed by atoms with van der Waals surface area (Å²) in [5, 5.41) is 3.20. The van der Waals surface area contributed by atoms with E-state index in [2.05, 4.69) is 10.3 Å². The Kier molecular flexibility index (Phi) is 5.09. The number of Topliss-reactive ketones (excluding diaryl/α,β-unsaturated/α-hetero) is 1. The number of nitrogens with zero attached hydrogens (tertiary/aromatic N) is 2. The van der Waals surface area contributed by atoms with Crippen LogP contribution in [0.1, 0.15) is 10.4 Å². The molecule has 0 aliphatic heterocycles. The van der Waals surface area contributed by atoms with Gasteiger partial charge in [0.2, 0.25) is 11.7 Å². The summed E-state index contributed by atoms with van der Waals surface area (Å²) < 4.78 is 18.8. The van der Waals surface area contributed by atoms with Crippen molar-refractivity contribution in [3.8, 4) is 11.5 Å². The molecule has 0 radical (unpaired) electrons. The molecule has 134 valence electrons. The smallest absolute Gasteiger partial charge is 0.229 e. The fraction of sp³-hybridized carbons (Fsp3) is 0.211. The van der Waals surface area contributed by atoms with Gasteiger partial charge in [0.15, 0.2) is 11.9 Å². The van der Waals surface area contributed by atoms with E-state index in [0.29, 0.717) is 23.3 Å². The number of oxazole rings is 1. The van der Waals surface area contributed by atoms with Crippen LogP contribution in [0.5, 0.6) is 0 Å². The standard InChI is InChI=1S/C19H18FN3O3/c1-23(2)8-7-21-14-9-15(17(25)11-24)18-16(10-14)22-19(26-18)12-3-5-13(20)6-4-12/h3-6,9-11,21H,7-8H2,1-2H3. The number of nitrogens with one attached hydrogen (secondary N) is 1. The average molecular weight is 355 g/mol. The lowest BCUT2D eigenvalue weighted by Crippen LogP contribution is -2.20. The second-order valence-electron chi connectivity index (χ2n) is 6.11. The molecular weight excluding hydrogens is 337 g/mol. The molecule has 0 spiro atoms. The molecule has 1 N–H and O–H groups in total. The number of carbonyl (C=O) groups is 2. The van der Waals surface area contributed by atoms with Crippen LogP contribution in [-0.4, -0.2) is 49.1 Å². The average Bonchev–Trinajstić information content (AvgIpc) is 3.04. The fourth-order valence-corrected chi connectivity index (χ4v) is 2.52. The Morgan fingerprint density at radius 1 is 1.27 bits per heavy atom. The van der Waals surface area contributed by atoms with Gasteiger partial charge in [0, 0.05) is 24.3 Å². The molecule has 1 heterocycles. The number of aldehydes is 1. The number of rotatable bonds is 7. The molecule has 26 heavy (non-hydrogen) atoms. The van der Waals surface area contributed by atoms with E-state index in [1.807, 2.05) is 19.0 Å². The minimum Gasteiger partial charge on any atom is -0.435 e. The summed E-state index contributed by atoms with van der Waals surface area (Å²) in [6, 6.07) is 9.01. The Labute approximate surface area is 149 Å². The van der Waals surface area contributed by atoms with Crippen LogP contribution in [0.3, 0.4) is 0 Å². The molecule has 3 rings (SSSR count). The largest absolute Gasteiger partial charge is 0.435 e. The lowest BCUT2D eigenvalue weighted by molar-refractivity contribution is -0.104. The summed E-state index contributed by atoms with van der Waals surface area (Å²) in [6.45, 7) is 1.46. The molecule has 6 nitrogen and oxygen atoms in total. The molecule has 0 atom stereocenters. The Bertz CT molecular complexity index is 949. The Hall–Kier alpha value is -3.06. The molecule has 0 saturated heterocycles. The maximum Gasteiger partial charge on any atom is 0.229 e. The van der Waals surface area contributed by atoms with Crippen LogP contribution in [0.25, 0.3) is 22.6 Å². The van der Waals surface area contributed by atoms with E-state index >= 15 is 0 Å². The molecule has 0 unspecified atom stereocenters. The molecule has 7 heteroatoms. The first-order valence-corrected chi connectivity index (χ1v) is 8.06. The maximum absolute atomic E-state index is 13.1. The van der Waals surface area contributed by atoms with Crippen LogP contribution in [0.15, 0.2) is 40.8 Å². The van der Waals surface area contributed by atoms with Crippen LogP contribution in [-0.2, 0) is 4.79 Å². The summed E-state index contributed by atoms with van der Waals surface area (Å²) in [5.41, 5.74) is 2.08. The van der Waals surface area contributed by atoms with E-state index in [-0.39, 0.29) is 29.1 Å². The molecule has 0 amide bonds. The first-order chi connectivity index (χ1) is 12.5.